The number of hydrogen-bond acceptors (Lipinski definition) is 2. The van der Waals surface area contributed by atoms with Crippen LogP contribution in [-0.2, 0) is 6.54 Å². The van der Waals surface area contributed by atoms with E-state index in [1.807, 2.05) is 13.0 Å². The summed E-state index contributed by atoms with van der Waals surface area (Å²) in [4.78, 5) is 12.4. The van der Waals surface area contributed by atoms with Crippen LogP contribution in [0.1, 0.15) is 48.4 Å². The van der Waals surface area contributed by atoms with E-state index < -0.39 is 0 Å². The zero-order valence-corrected chi connectivity index (χ0v) is 12.4. The van der Waals surface area contributed by atoms with Gasteiger partial charge in [-0.1, -0.05) is 0 Å². The third kappa shape index (κ3) is 2.84. The minimum Gasteiger partial charge on any atom is -0.349 e. The molecule has 2 N–H and O–H groups in total. The molecule has 1 aromatic rings. The normalized spacial score (nSPS) is 23.4. The molecule has 0 bridgehead atoms. The minimum absolute atomic E-state index is 0.0633. The predicted octanol–water partition coefficient (Wildman–Crippen LogP) is 2.00. The van der Waals surface area contributed by atoms with E-state index in [0.717, 1.165) is 42.9 Å². The van der Waals surface area contributed by atoms with Crippen molar-refractivity contribution in [3.8, 4) is 0 Å². The van der Waals surface area contributed by atoms with Crippen molar-refractivity contribution in [3.63, 3.8) is 0 Å². The summed E-state index contributed by atoms with van der Waals surface area (Å²) in [6.45, 7) is 10.3. The molecule has 19 heavy (non-hydrogen) atoms. The van der Waals surface area contributed by atoms with E-state index in [9.17, 15) is 4.79 Å². The Morgan fingerprint density at radius 1 is 1.53 bits per heavy atom. The van der Waals surface area contributed by atoms with Crippen molar-refractivity contribution >= 4 is 5.91 Å². The second kappa shape index (κ2) is 5.78. The largest absolute Gasteiger partial charge is 0.349 e. The number of piperidine rings is 1. The van der Waals surface area contributed by atoms with Gasteiger partial charge in [-0.15, -0.1) is 0 Å². The van der Waals surface area contributed by atoms with Gasteiger partial charge in [-0.2, -0.15) is 0 Å². The van der Waals surface area contributed by atoms with E-state index in [1.54, 1.807) is 0 Å². The molecule has 2 rings (SSSR count). The van der Waals surface area contributed by atoms with Crippen molar-refractivity contribution in [3.05, 3.63) is 23.0 Å². The van der Waals surface area contributed by atoms with E-state index in [4.69, 9.17) is 0 Å². The molecule has 2 heterocycles. The number of nitrogens with zero attached hydrogens (tertiary/aromatic N) is 1. The Morgan fingerprint density at radius 2 is 2.26 bits per heavy atom. The Morgan fingerprint density at radius 3 is 2.84 bits per heavy atom. The Bertz CT molecular complexity index is 464. The van der Waals surface area contributed by atoms with Crippen LogP contribution in [0, 0.1) is 13.8 Å². The molecule has 106 valence electrons. The van der Waals surface area contributed by atoms with E-state index in [1.165, 1.54) is 0 Å². The molecule has 0 aliphatic carbocycles. The number of carbonyl (C=O) groups is 1. The van der Waals surface area contributed by atoms with E-state index >= 15 is 0 Å². The topological polar surface area (TPSA) is 46.1 Å². The number of nitrogens with one attached hydrogen (secondary N) is 2. The summed E-state index contributed by atoms with van der Waals surface area (Å²) in [6, 6.07) is 2.59. The van der Waals surface area contributed by atoms with Crippen molar-refractivity contribution in [2.45, 2.75) is 59.2 Å². The summed E-state index contributed by atoms with van der Waals surface area (Å²) in [5.41, 5.74) is 3.03. The van der Waals surface area contributed by atoms with Crippen molar-refractivity contribution in [2.24, 2.45) is 0 Å². The maximum atomic E-state index is 12.4. The highest BCUT2D eigenvalue weighted by Crippen LogP contribution is 2.16. The van der Waals surface area contributed by atoms with Crippen LogP contribution in [0.25, 0.3) is 0 Å². The molecule has 0 saturated carbocycles. The van der Waals surface area contributed by atoms with Gasteiger partial charge in [0.05, 0.1) is 5.56 Å². The summed E-state index contributed by atoms with van der Waals surface area (Å²) in [5, 5.41) is 6.59. The molecule has 1 aliphatic heterocycles. The highest BCUT2D eigenvalue weighted by molar-refractivity contribution is 5.96. The second-order valence-corrected chi connectivity index (χ2v) is 5.49. The van der Waals surface area contributed by atoms with Gasteiger partial charge in [-0.3, -0.25) is 4.79 Å². The van der Waals surface area contributed by atoms with Crippen LogP contribution < -0.4 is 10.6 Å². The zero-order valence-electron chi connectivity index (χ0n) is 12.4. The predicted molar refractivity (Wildman–Crippen MR) is 77.5 cm³/mol. The van der Waals surface area contributed by atoms with Crippen molar-refractivity contribution < 1.29 is 4.79 Å². The Hall–Kier alpha value is -1.29. The smallest absolute Gasteiger partial charge is 0.253 e. The third-order valence-electron chi connectivity index (χ3n) is 4.21. The highest BCUT2D eigenvalue weighted by Gasteiger charge is 2.24. The first-order valence-corrected chi connectivity index (χ1v) is 7.25. The van der Waals surface area contributed by atoms with Crippen LogP contribution in [0.3, 0.4) is 0 Å². The molecule has 1 saturated heterocycles. The molecule has 4 heteroatoms. The van der Waals surface area contributed by atoms with Gasteiger partial charge in [0.2, 0.25) is 0 Å². The lowest BCUT2D eigenvalue weighted by Crippen LogP contribution is -2.51. The molecule has 0 radical (unpaired) electrons. The monoisotopic (exact) mass is 263 g/mol. The van der Waals surface area contributed by atoms with Crippen LogP contribution in [0.2, 0.25) is 0 Å². The minimum atomic E-state index is 0.0633. The van der Waals surface area contributed by atoms with Gasteiger partial charge in [-0.25, -0.2) is 0 Å². The van der Waals surface area contributed by atoms with Crippen molar-refractivity contribution in [1.29, 1.82) is 0 Å². The van der Waals surface area contributed by atoms with E-state index in [2.05, 4.69) is 36.0 Å². The molecule has 0 aromatic carbocycles. The summed E-state index contributed by atoms with van der Waals surface area (Å²) in [6.07, 6.45) is 2.19. The van der Waals surface area contributed by atoms with Gasteiger partial charge < -0.3 is 15.2 Å². The van der Waals surface area contributed by atoms with Crippen LogP contribution >= 0.6 is 0 Å². The maximum absolute atomic E-state index is 12.4. The van der Waals surface area contributed by atoms with Gasteiger partial charge in [0.25, 0.3) is 5.91 Å². The number of amides is 1. The molecule has 2 atom stereocenters. The lowest BCUT2D eigenvalue weighted by atomic mass is 9.99. The number of aryl methyl sites for hydroxylation is 1. The van der Waals surface area contributed by atoms with Crippen LogP contribution in [0.4, 0.5) is 0 Å². The maximum Gasteiger partial charge on any atom is 0.253 e. The average molecular weight is 263 g/mol. The van der Waals surface area contributed by atoms with Gasteiger partial charge >= 0.3 is 0 Å². The molecular weight excluding hydrogens is 238 g/mol. The van der Waals surface area contributed by atoms with E-state index in [-0.39, 0.29) is 11.9 Å². The molecule has 1 aromatic heterocycles. The summed E-state index contributed by atoms with van der Waals surface area (Å²) in [7, 11) is 0. The lowest BCUT2D eigenvalue weighted by molar-refractivity contribution is 0.0919. The number of hydrogen-bond donors (Lipinski definition) is 2. The molecule has 1 amide bonds. The fourth-order valence-electron chi connectivity index (χ4n) is 3.00. The van der Waals surface area contributed by atoms with Gasteiger partial charge in [-0.05, 0) is 53.1 Å². The summed E-state index contributed by atoms with van der Waals surface area (Å²) in [5.74, 6) is 0.0633. The molecule has 4 nitrogen and oxygen atoms in total. The van der Waals surface area contributed by atoms with Gasteiger partial charge in [0.1, 0.15) is 0 Å². The fourth-order valence-corrected chi connectivity index (χ4v) is 3.00. The van der Waals surface area contributed by atoms with E-state index in [0.29, 0.717) is 6.04 Å². The van der Waals surface area contributed by atoms with Crippen molar-refractivity contribution in [2.75, 3.05) is 6.54 Å². The lowest BCUT2D eigenvalue weighted by Gasteiger charge is -2.30. The molecule has 2 unspecified atom stereocenters. The Labute approximate surface area is 115 Å². The van der Waals surface area contributed by atoms with Crippen LogP contribution in [0.5, 0.6) is 0 Å². The quantitative estimate of drug-likeness (QED) is 0.876. The van der Waals surface area contributed by atoms with Gasteiger partial charge in [0, 0.05) is 30.0 Å². The van der Waals surface area contributed by atoms with Crippen LogP contribution in [0.15, 0.2) is 6.07 Å². The highest BCUT2D eigenvalue weighted by atomic mass is 16.1. The Balaban J connectivity index is 2.11. The molecule has 1 aliphatic rings. The fraction of sp³-hybridized carbons (Fsp3) is 0.667. The summed E-state index contributed by atoms with van der Waals surface area (Å²) < 4.78 is 2.18. The van der Waals surface area contributed by atoms with Crippen molar-refractivity contribution in [1.82, 2.24) is 15.2 Å². The zero-order chi connectivity index (χ0) is 14.0. The van der Waals surface area contributed by atoms with Crippen LogP contribution in [-0.4, -0.2) is 29.1 Å². The molecule has 0 spiro atoms. The average Bonchev–Trinajstić information content (AvgIpc) is 2.67. The summed E-state index contributed by atoms with van der Waals surface area (Å²) >= 11 is 0. The number of rotatable bonds is 3. The second-order valence-electron chi connectivity index (χ2n) is 5.49. The SMILES string of the molecule is CCn1c(C)cc(C(=O)NC2CCCNC2C)c1C. The third-order valence-corrected chi connectivity index (χ3v) is 4.21. The molecule has 1 fully saturated rings. The standard InChI is InChI=1S/C15H25N3O/c1-5-18-10(2)9-13(12(18)4)15(19)17-14-7-6-8-16-11(14)3/h9,11,14,16H,5-8H2,1-4H3,(H,17,19). The number of carbonyl (C=O) groups excluding carboxylic acids is 1. The molecular formula is C15H25N3O. The first-order valence-electron chi connectivity index (χ1n) is 7.25. The first kappa shape index (κ1) is 14.1. The van der Waals surface area contributed by atoms with Gasteiger partial charge in [0.15, 0.2) is 0 Å². The number of aromatic nitrogens is 1. The first-order chi connectivity index (χ1) is 9.04. The Kier molecular flexibility index (Phi) is 4.30.